The molecule has 21 heavy (non-hydrogen) atoms. The van der Waals surface area contributed by atoms with Crippen LogP contribution in [0, 0.1) is 0 Å². The maximum atomic E-state index is 11.7. The molecule has 1 aromatic heterocycles. The molecule has 0 spiro atoms. The zero-order valence-corrected chi connectivity index (χ0v) is 12.3. The van der Waals surface area contributed by atoms with E-state index in [1.807, 2.05) is 35.9 Å². The molecule has 0 aliphatic rings. The fourth-order valence-electron chi connectivity index (χ4n) is 1.90. The van der Waals surface area contributed by atoms with Crippen LogP contribution in [0.3, 0.4) is 0 Å². The summed E-state index contributed by atoms with van der Waals surface area (Å²) >= 11 is 1.51. The Balaban J connectivity index is 1.92. The van der Waals surface area contributed by atoms with Crippen molar-refractivity contribution in [2.75, 3.05) is 10.6 Å². The van der Waals surface area contributed by atoms with E-state index >= 15 is 0 Å². The summed E-state index contributed by atoms with van der Waals surface area (Å²) in [7, 11) is 0. The van der Waals surface area contributed by atoms with E-state index in [-0.39, 0.29) is 18.4 Å². The molecule has 0 saturated heterocycles. The number of amides is 2. The fourth-order valence-corrected chi connectivity index (χ4v) is 2.49. The van der Waals surface area contributed by atoms with E-state index in [1.165, 1.54) is 11.3 Å². The number of carboxylic acid groups (broad SMARTS) is 1. The van der Waals surface area contributed by atoms with Crippen LogP contribution in [0.4, 0.5) is 16.2 Å². The highest BCUT2D eigenvalue weighted by Crippen LogP contribution is 2.21. The molecule has 0 bridgehead atoms. The van der Waals surface area contributed by atoms with Gasteiger partial charge in [0.05, 0.1) is 12.1 Å². The predicted molar refractivity (Wildman–Crippen MR) is 84.1 cm³/mol. The molecule has 3 N–H and O–H groups in total. The molecule has 1 heterocycles. The second-order valence-electron chi connectivity index (χ2n) is 4.71. The van der Waals surface area contributed by atoms with Gasteiger partial charge in [-0.05, 0) is 35.1 Å². The molecule has 2 aromatic rings. The Hall–Kier alpha value is -2.34. The molecule has 110 valence electrons. The Kier molecular flexibility index (Phi) is 4.94. The van der Waals surface area contributed by atoms with Gasteiger partial charge in [-0.25, -0.2) is 4.79 Å². The van der Waals surface area contributed by atoms with Crippen molar-refractivity contribution in [1.82, 2.24) is 0 Å². The number of carbonyl (C=O) groups is 2. The molecular weight excluding hydrogens is 288 g/mol. The minimum Gasteiger partial charge on any atom is -0.481 e. The van der Waals surface area contributed by atoms with Crippen LogP contribution in [0.25, 0.3) is 0 Å². The van der Waals surface area contributed by atoms with Crippen molar-refractivity contribution in [1.29, 1.82) is 0 Å². The minimum absolute atomic E-state index is 0.0591. The van der Waals surface area contributed by atoms with Gasteiger partial charge in [0.25, 0.3) is 0 Å². The summed E-state index contributed by atoms with van der Waals surface area (Å²) in [5.41, 5.74) is 2.35. The fraction of sp³-hybridized carbons (Fsp3) is 0.200. The number of anilines is 2. The second kappa shape index (κ2) is 6.90. The van der Waals surface area contributed by atoms with Crippen molar-refractivity contribution >= 4 is 34.7 Å². The minimum atomic E-state index is -0.820. The van der Waals surface area contributed by atoms with Gasteiger partial charge >= 0.3 is 12.0 Å². The van der Waals surface area contributed by atoms with Gasteiger partial charge in [0.2, 0.25) is 0 Å². The largest absolute Gasteiger partial charge is 0.481 e. The van der Waals surface area contributed by atoms with E-state index in [2.05, 4.69) is 10.6 Å². The van der Waals surface area contributed by atoms with Crippen molar-refractivity contribution < 1.29 is 14.7 Å². The number of benzene rings is 1. The Bertz CT molecular complexity index is 608. The number of urea groups is 1. The van der Waals surface area contributed by atoms with Crippen molar-refractivity contribution in [2.45, 2.75) is 19.3 Å². The number of carbonyl (C=O) groups excluding carboxylic acids is 1. The Morgan fingerprint density at radius 1 is 1.14 bits per heavy atom. The van der Waals surface area contributed by atoms with Crippen LogP contribution < -0.4 is 10.6 Å². The topological polar surface area (TPSA) is 78.4 Å². The molecule has 2 rings (SSSR count). The first kappa shape index (κ1) is 15.1. The monoisotopic (exact) mass is 304 g/mol. The summed E-state index contributed by atoms with van der Waals surface area (Å²) in [4.78, 5) is 22.4. The number of thiophene rings is 1. The van der Waals surface area contributed by atoms with Crippen LogP contribution >= 0.6 is 11.3 Å². The number of aliphatic carboxylic acids is 1. The molecule has 0 aliphatic carbocycles. The first-order valence-electron chi connectivity index (χ1n) is 6.46. The normalized spacial score (nSPS) is 11.7. The van der Waals surface area contributed by atoms with Gasteiger partial charge in [-0.1, -0.05) is 19.1 Å². The maximum absolute atomic E-state index is 11.7. The maximum Gasteiger partial charge on any atom is 0.323 e. The van der Waals surface area contributed by atoms with E-state index in [9.17, 15) is 9.59 Å². The van der Waals surface area contributed by atoms with Crippen LogP contribution in [0.1, 0.15) is 24.8 Å². The highest BCUT2D eigenvalue weighted by atomic mass is 32.1. The van der Waals surface area contributed by atoms with Gasteiger partial charge in [0.1, 0.15) is 0 Å². The number of rotatable bonds is 5. The summed E-state index contributed by atoms with van der Waals surface area (Å²) in [6.45, 7) is 1.86. The zero-order chi connectivity index (χ0) is 15.2. The van der Waals surface area contributed by atoms with Crippen molar-refractivity contribution in [3.63, 3.8) is 0 Å². The highest BCUT2D eigenvalue weighted by Gasteiger charge is 2.10. The average Bonchev–Trinajstić information content (AvgIpc) is 2.91. The highest BCUT2D eigenvalue weighted by molar-refractivity contribution is 7.08. The zero-order valence-electron chi connectivity index (χ0n) is 11.5. The first-order valence-corrected chi connectivity index (χ1v) is 7.41. The van der Waals surface area contributed by atoms with E-state index in [0.29, 0.717) is 5.69 Å². The third-order valence-corrected chi connectivity index (χ3v) is 3.68. The molecule has 0 saturated carbocycles. The Morgan fingerprint density at radius 2 is 1.81 bits per heavy atom. The van der Waals surface area contributed by atoms with Crippen LogP contribution in [-0.4, -0.2) is 17.1 Å². The summed E-state index contributed by atoms with van der Waals surface area (Å²) in [6.07, 6.45) is 0.0887. The SMILES string of the molecule is CC(CC(=O)O)c1ccc(NC(=O)Nc2ccsc2)cc1. The van der Waals surface area contributed by atoms with Gasteiger partial charge in [-0.2, -0.15) is 11.3 Å². The second-order valence-corrected chi connectivity index (χ2v) is 5.49. The lowest BCUT2D eigenvalue weighted by atomic mass is 9.98. The molecule has 5 nitrogen and oxygen atoms in total. The summed E-state index contributed by atoms with van der Waals surface area (Å²) in [6, 6.07) is 8.70. The van der Waals surface area contributed by atoms with Gasteiger partial charge in [-0.3, -0.25) is 4.79 Å². The van der Waals surface area contributed by atoms with Crippen LogP contribution in [0.15, 0.2) is 41.1 Å². The molecule has 0 fully saturated rings. The summed E-state index contributed by atoms with van der Waals surface area (Å²) < 4.78 is 0. The number of hydrogen-bond donors (Lipinski definition) is 3. The van der Waals surface area contributed by atoms with Crippen molar-refractivity contribution in [3.8, 4) is 0 Å². The molecule has 1 aromatic carbocycles. The van der Waals surface area contributed by atoms with Gasteiger partial charge in [-0.15, -0.1) is 0 Å². The lowest BCUT2D eigenvalue weighted by Crippen LogP contribution is -2.18. The summed E-state index contributed by atoms with van der Waals surface area (Å²) in [5, 5.41) is 17.9. The van der Waals surface area contributed by atoms with Crippen molar-refractivity contribution in [3.05, 3.63) is 46.7 Å². The molecule has 1 unspecified atom stereocenters. The number of hydrogen-bond acceptors (Lipinski definition) is 3. The third-order valence-electron chi connectivity index (χ3n) is 3.00. The lowest BCUT2D eigenvalue weighted by Gasteiger charge is -2.11. The van der Waals surface area contributed by atoms with Gasteiger partial charge < -0.3 is 15.7 Å². The van der Waals surface area contributed by atoms with E-state index in [1.54, 1.807) is 12.1 Å². The molecule has 6 heteroatoms. The van der Waals surface area contributed by atoms with E-state index < -0.39 is 5.97 Å². The van der Waals surface area contributed by atoms with Gasteiger partial charge in [0.15, 0.2) is 0 Å². The first-order chi connectivity index (χ1) is 10.0. The molecule has 2 amide bonds. The Labute approximate surface area is 126 Å². The number of nitrogens with one attached hydrogen (secondary N) is 2. The van der Waals surface area contributed by atoms with E-state index in [4.69, 9.17) is 5.11 Å². The number of carboxylic acids is 1. The molecule has 0 aliphatic heterocycles. The van der Waals surface area contributed by atoms with E-state index in [0.717, 1.165) is 11.3 Å². The third kappa shape index (κ3) is 4.61. The molecule has 1 atom stereocenters. The lowest BCUT2D eigenvalue weighted by molar-refractivity contribution is -0.137. The quantitative estimate of drug-likeness (QED) is 0.782. The van der Waals surface area contributed by atoms with Crippen molar-refractivity contribution in [2.24, 2.45) is 0 Å². The van der Waals surface area contributed by atoms with Crippen LogP contribution in [-0.2, 0) is 4.79 Å². The standard InChI is InChI=1S/C15H16N2O3S/c1-10(8-14(18)19)11-2-4-12(5-3-11)16-15(20)17-13-6-7-21-9-13/h2-7,9-10H,8H2,1H3,(H,18,19)(H2,16,17,20). The van der Waals surface area contributed by atoms with Gasteiger partial charge in [0, 0.05) is 11.1 Å². The molecule has 0 radical (unpaired) electrons. The molecular formula is C15H16N2O3S. The Morgan fingerprint density at radius 3 is 2.38 bits per heavy atom. The average molecular weight is 304 g/mol. The van der Waals surface area contributed by atoms with Crippen LogP contribution in [0.5, 0.6) is 0 Å². The predicted octanol–water partition coefficient (Wildman–Crippen LogP) is 3.97. The van der Waals surface area contributed by atoms with Crippen LogP contribution in [0.2, 0.25) is 0 Å². The summed E-state index contributed by atoms with van der Waals surface area (Å²) in [5.74, 6) is -0.879. The smallest absolute Gasteiger partial charge is 0.323 e.